The molecule has 2 aromatic rings. The van der Waals surface area contributed by atoms with E-state index in [9.17, 15) is 0 Å². The van der Waals surface area contributed by atoms with Crippen molar-refractivity contribution in [3.63, 3.8) is 0 Å². The Morgan fingerprint density at radius 2 is 2.19 bits per heavy atom. The molecule has 1 atom stereocenters. The zero-order valence-electron chi connectivity index (χ0n) is 13.0. The van der Waals surface area contributed by atoms with E-state index in [1.54, 1.807) is 7.11 Å². The average Bonchev–Trinajstić information content (AvgIpc) is 3.21. The Kier molecular flexibility index (Phi) is 3.72. The van der Waals surface area contributed by atoms with E-state index in [2.05, 4.69) is 34.9 Å². The van der Waals surface area contributed by atoms with Crippen molar-refractivity contribution in [1.29, 1.82) is 0 Å². The van der Waals surface area contributed by atoms with Crippen LogP contribution in [-0.2, 0) is 6.54 Å². The lowest BCUT2D eigenvalue weighted by atomic mass is 10.1. The molecule has 1 aliphatic carbocycles. The van der Waals surface area contributed by atoms with Gasteiger partial charge in [0.1, 0.15) is 5.75 Å². The van der Waals surface area contributed by atoms with E-state index in [0.29, 0.717) is 5.92 Å². The fourth-order valence-corrected chi connectivity index (χ4v) is 2.89. The van der Waals surface area contributed by atoms with Crippen molar-refractivity contribution < 1.29 is 4.74 Å². The number of aromatic nitrogens is 2. The molecule has 4 nitrogen and oxygen atoms in total. The minimum Gasteiger partial charge on any atom is -0.496 e. The van der Waals surface area contributed by atoms with E-state index in [0.717, 1.165) is 29.1 Å². The summed E-state index contributed by atoms with van der Waals surface area (Å²) in [7, 11) is 1.71. The van der Waals surface area contributed by atoms with Crippen molar-refractivity contribution in [3.05, 3.63) is 47.0 Å². The Balaban J connectivity index is 1.80. The van der Waals surface area contributed by atoms with Crippen LogP contribution >= 0.6 is 0 Å². The molecule has 2 N–H and O–H groups in total. The predicted octanol–water partition coefficient (Wildman–Crippen LogP) is 2.97. The molecule has 2 heterocycles. The van der Waals surface area contributed by atoms with Crippen molar-refractivity contribution in [3.8, 4) is 5.75 Å². The lowest BCUT2D eigenvalue weighted by molar-refractivity contribution is 0.406. The number of aryl methyl sites for hydroxylation is 1. The molecule has 0 saturated heterocycles. The van der Waals surface area contributed by atoms with E-state index in [1.165, 1.54) is 18.4 Å². The van der Waals surface area contributed by atoms with E-state index in [4.69, 9.17) is 10.5 Å². The maximum atomic E-state index is 6.25. The van der Waals surface area contributed by atoms with Gasteiger partial charge in [-0.1, -0.05) is 0 Å². The molecule has 1 aliphatic rings. The maximum absolute atomic E-state index is 6.25. The van der Waals surface area contributed by atoms with Crippen molar-refractivity contribution in [1.82, 2.24) is 9.55 Å². The highest BCUT2D eigenvalue weighted by molar-refractivity contribution is 5.41. The fourth-order valence-electron chi connectivity index (χ4n) is 2.89. The van der Waals surface area contributed by atoms with Crippen LogP contribution in [0.1, 0.15) is 41.3 Å². The van der Waals surface area contributed by atoms with Gasteiger partial charge in [-0.15, -0.1) is 0 Å². The molecule has 0 spiro atoms. The molecule has 21 heavy (non-hydrogen) atoms. The Morgan fingerprint density at radius 3 is 2.86 bits per heavy atom. The summed E-state index contributed by atoms with van der Waals surface area (Å²) >= 11 is 0. The van der Waals surface area contributed by atoms with Gasteiger partial charge in [-0.2, -0.15) is 0 Å². The van der Waals surface area contributed by atoms with Gasteiger partial charge in [0.05, 0.1) is 19.3 Å². The molecule has 0 radical (unpaired) electrons. The molecule has 0 amide bonds. The van der Waals surface area contributed by atoms with Crippen LogP contribution in [0, 0.1) is 19.8 Å². The predicted molar refractivity (Wildman–Crippen MR) is 83.4 cm³/mol. The Morgan fingerprint density at radius 1 is 1.43 bits per heavy atom. The van der Waals surface area contributed by atoms with E-state index in [-0.39, 0.29) is 6.04 Å². The number of hydrogen-bond acceptors (Lipinski definition) is 3. The van der Waals surface area contributed by atoms with Gasteiger partial charge in [0.15, 0.2) is 0 Å². The first-order chi connectivity index (χ1) is 10.1. The van der Waals surface area contributed by atoms with E-state index >= 15 is 0 Å². The minimum atomic E-state index is 0.188. The van der Waals surface area contributed by atoms with Gasteiger partial charge < -0.3 is 15.0 Å². The zero-order chi connectivity index (χ0) is 15.0. The van der Waals surface area contributed by atoms with Crippen LogP contribution in [0.4, 0.5) is 0 Å². The summed E-state index contributed by atoms with van der Waals surface area (Å²) in [6, 6.07) is 2.32. The fraction of sp³-hybridized carbons (Fsp3) is 0.471. The molecular weight excluding hydrogens is 262 g/mol. The van der Waals surface area contributed by atoms with Crippen molar-refractivity contribution in [2.45, 2.75) is 39.3 Å². The molecule has 3 rings (SSSR count). The first-order valence-corrected chi connectivity index (χ1v) is 7.50. The average molecular weight is 285 g/mol. The summed E-state index contributed by atoms with van der Waals surface area (Å²) in [6.07, 6.45) is 8.65. The first-order valence-electron chi connectivity index (χ1n) is 7.50. The summed E-state index contributed by atoms with van der Waals surface area (Å²) in [4.78, 5) is 4.55. The van der Waals surface area contributed by atoms with Gasteiger partial charge >= 0.3 is 0 Å². The van der Waals surface area contributed by atoms with Crippen LogP contribution in [0.2, 0.25) is 0 Å². The van der Waals surface area contributed by atoms with Crippen LogP contribution in [0.15, 0.2) is 24.7 Å². The smallest absolute Gasteiger partial charge is 0.128 e. The summed E-state index contributed by atoms with van der Waals surface area (Å²) < 4.78 is 7.62. The maximum Gasteiger partial charge on any atom is 0.128 e. The van der Waals surface area contributed by atoms with Crippen LogP contribution in [-0.4, -0.2) is 16.7 Å². The monoisotopic (exact) mass is 285 g/mol. The molecule has 1 saturated carbocycles. The minimum absolute atomic E-state index is 0.188. The third-order valence-corrected chi connectivity index (χ3v) is 4.37. The standard InChI is InChI=1S/C17H23N3O/c1-11-8-19-15(12(2)17(11)21-3)10-20-7-6-14(9-20)16(18)13-4-5-13/h6-9,13,16H,4-5,10,18H2,1-3H3. The number of nitrogens with two attached hydrogens (primary N) is 1. The second-order valence-corrected chi connectivity index (χ2v) is 6.03. The molecule has 0 aliphatic heterocycles. The second-order valence-electron chi connectivity index (χ2n) is 6.03. The summed E-state index contributed by atoms with van der Waals surface area (Å²) in [5, 5.41) is 0. The topological polar surface area (TPSA) is 53.1 Å². The summed E-state index contributed by atoms with van der Waals surface area (Å²) in [5.74, 6) is 1.61. The van der Waals surface area contributed by atoms with E-state index in [1.807, 2.05) is 13.1 Å². The largest absolute Gasteiger partial charge is 0.496 e. The van der Waals surface area contributed by atoms with Gasteiger partial charge in [-0.05, 0) is 44.2 Å². The summed E-state index contributed by atoms with van der Waals surface area (Å²) in [5.41, 5.74) is 10.7. The van der Waals surface area contributed by atoms with Crippen LogP contribution in [0.25, 0.3) is 0 Å². The lowest BCUT2D eigenvalue weighted by Crippen LogP contribution is -2.11. The molecular formula is C17H23N3O. The molecule has 2 aromatic heterocycles. The molecule has 1 fully saturated rings. The number of nitrogens with zero attached hydrogens (tertiary/aromatic N) is 2. The summed E-state index contributed by atoms with van der Waals surface area (Å²) in [6.45, 7) is 4.83. The van der Waals surface area contributed by atoms with Crippen molar-refractivity contribution in [2.24, 2.45) is 11.7 Å². The van der Waals surface area contributed by atoms with Gasteiger partial charge in [0.25, 0.3) is 0 Å². The Labute approximate surface area is 125 Å². The Hall–Kier alpha value is -1.81. The Bertz CT molecular complexity index is 643. The third-order valence-electron chi connectivity index (χ3n) is 4.37. The zero-order valence-corrected chi connectivity index (χ0v) is 13.0. The SMILES string of the molecule is COc1c(C)cnc(Cn2ccc(C(N)C3CC3)c2)c1C. The van der Waals surface area contributed by atoms with Crippen LogP contribution < -0.4 is 10.5 Å². The van der Waals surface area contributed by atoms with Crippen LogP contribution in [0.3, 0.4) is 0 Å². The molecule has 112 valence electrons. The number of rotatable bonds is 5. The van der Waals surface area contributed by atoms with Crippen LogP contribution in [0.5, 0.6) is 5.75 Å². The number of methoxy groups -OCH3 is 1. The molecule has 0 aromatic carbocycles. The van der Waals surface area contributed by atoms with Gasteiger partial charge in [0.2, 0.25) is 0 Å². The quantitative estimate of drug-likeness (QED) is 0.919. The van der Waals surface area contributed by atoms with E-state index < -0.39 is 0 Å². The highest BCUT2D eigenvalue weighted by Gasteiger charge is 2.29. The molecule has 0 bridgehead atoms. The number of ether oxygens (including phenoxy) is 1. The van der Waals surface area contributed by atoms with Gasteiger partial charge in [0, 0.05) is 35.8 Å². The third kappa shape index (κ3) is 2.81. The number of pyridine rings is 1. The second kappa shape index (κ2) is 5.53. The highest BCUT2D eigenvalue weighted by Crippen LogP contribution is 2.39. The number of hydrogen-bond donors (Lipinski definition) is 1. The highest BCUT2D eigenvalue weighted by atomic mass is 16.5. The molecule has 1 unspecified atom stereocenters. The molecule has 4 heteroatoms. The van der Waals surface area contributed by atoms with Crippen molar-refractivity contribution >= 4 is 0 Å². The normalized spacial score (nSPS) is 16.0. The van der Waals surface area contributed by atoms with Gasteiger partial charge in [-0.25, -0.2) is 0 Å². The van der Waals surface area contributed by atoms with Gasteiger partial charge in [-0.3, -0.25) is 4.98 Å². The van der Waals surface area contributed by atoms with Crippen molar-refractivity contribution in [2.75, 3.05) is 7.11 Å². The first kappa shape index (κ1) is 14.1. The lowest BCUT2D eigenvalue weighted by Gasteiger charge is -2.13.